The van der Waals surface area contributed by atoms with E-state index in [1.807, 2.05) is 19.9 Å². The first-order chi connectivity index (χ1) is 17.8. The third-order valence-electron chi connectivity index (χ3n) is 6.87. The molecular formula is C28H28N2O7. The van der Waals surface area contributed by atoms with E-state index in [1.54, 1.807) is 35.8 Å². The van der Waals surface area contributed by atoms with Gasteiger partial charge in [-0.05, 0) is 49.6 Å². The Morgan fingerprint density at radius 2 is 1.81 bits per heavy atom. The fourth-order valence-electron chi connectivity index (χ4n) is 5.02. The molecule has 1 atom stereocenters. The summed E-state index contributed by atoms with van der Waals surface area (Å²) in [5, 5.41) is 0.779. The van der Waals surface area contributed by atoms with Crippen molar-refractivity contribution in [1.29, 1.82) is 0 Å². The molecule has 9 heteroatoms. The quantitative estimate of drug-likeness (QED) is 0.273. The van der Waals surface area contributed by atoms with Crippen LogP contribution in [0.15, 0.2) is 35.1 Å². The number of benzene rings is 1. The highest BCUT2D eigenvalue weighted by atomic mass is 16.6. The Morgan fingerprint density at radius 1 is 1.05 bits per heavy atom. The minimum atomic E-state index is -1.68. The van der Waals surface area contributed by atoms with Crippen LogP contribution in [0.25, 0.3) is 22.3 Å². The summed E-state index contributed by atoms with van der Waals surface area (Å²) in [6, 6.07) is 8.88. The lowest BCUT2D eigenvalue weighted by Gasteiger charge is -2.35. The number of rotatable bonds is 7. The highest BCUT2D eigenvalue weighted by molar-refractivity contribution is 5.89. The van der Waals surface area contributed by atoms with Crippen LogP contribution in [0.3, 0.4) is 0 Å². The Kier molecular flexibility index (Phi) is 6.31. The normalized spacial score (nSPS) is 17.5. The van der Waals surface area contributed by atoms with Crippen molar-refractivity contribution in [2.75, 3.05) is 0 Å². The fraction of sp³-hybridized carbons (Fsp3) is 0.393. The van der Waals surface area contributed by atoms with Crippen molar-refractivity contribution >= 4 is 28.8 Å². The van der Waals surface area contributed by atoms with Gasteiger partial charge in [0.2, 0.25) is 5.60 Å². The zero-order chi connectivity index (χ0) is 26.3. The number of cyclic esters (lactones) is 1. The van der Waals surface area contributed by atoms with Crippen LogP contribution in [0.2, 0.25) is 0 Å². The summed E-state index contributed by atoms with van der Waals surface area (Å²) in [5.41, 5.74) is 1.35. The summed E-state index contributed by atoms with van der Waals surface area (Å²) in [5.74, 6) is -1.05. The molecular weight excluding hydrogens is 476 g/mol. The number of pyridine rings is 2. The SMILES string of the molecule is CCCC(=O)Oc1ccc2nc3c(cc2c1)Cn1c-3cc2c(c1=O)COC(=O)[C@@]2(CC)OC(=O)CCC. The Bertz CT molecular complexity index is 1510. The zero-order valence-electron chi connectivity index (χ0n) is 21.1. The number of nitrogens with zero attached hydrogens (tertiary/aromatic N) is 2. The van der Waals surface area contributed by atoms with Crippen LogP contribution in [-0.2, 0) is 42.6 Å². The van der Waals surface area contributed by atoms with Gasteiger partial charge in [-0.15, -0.1) is 0 Å². The molecule has 0 saturated heterocycles. The molecule has 1 aromatic carbocycles. The maximum Gasteiger partial charge on any atom is 0.355 e. The number of carbonyl (C=O) groups is 3. The van der Waals surface area contributed by atoms with Gasteiger partial charge in [0, 0.05) is 29.4 Å². The Labute approximate surface area is 213 Å². The van der Waals surface area contributed by atoms with Crippen LogP contribution in [0.4, 0.5) is 0 Å². The number of esters is 3. The third-order valence-corrected chi connectivity index (χ3v) is 6.87. The van der Waals surface area contributed by atoms with Crippen molar-refractivity contribution in [3.05, 3.63) is 57.4 Å². The number of aromatic nitrogens is 2. The van der Waals surface area contributed by atoms with Crippen LogP contribution in [0.5, 0.6) is 5.75 Å². The predicted molar refractivity (Wildman–Crippen MR) is 134 cm³/mol. The third kappa shape index (κ3) is 4.08. The van der Waals surface area contributed by atoms with Crippen LogP contribution in [0, 0.1) is 0 Å². The lowest BCUT2D eigenvalue weighted by Crippen LogP contribution is -2.47. The minimum absolute atomic E-state index is 0.134. The van der Waals surface area contributed by atoms with Gasteiger partial charge in [0.05, 0.1) is 29.0 Å². The van der Waals surface area contributed by atoms with Gasteiger partial charge >= 0.3 is 17.9 Å². The van der Waals surface area contributed by atoms with Crippen molar-refractivity contribution in [2.45, 2.75) is 71.6 Å². The summed E-state index contributed by atoms with van der Waals surface area (Å²) in [6.45, 7) is 5.59. The molecule has 37 heavy (non-hydrogen) atoms. The Morgan fingerprint density at radius 3 is 2.54 bits per heavy atom. The number of carbonyl (C=O) groups excluding carboxylic acids is 3. The summed E-state index contributed by atoms with van der Waals surface area (Å²) in [7, 11) is 0. The Balaban J connectivity index is 1.61. The molecule has 0 fully saturated rings. The smallest absolute Gasteiger partial charge is 0.355 e. The number of hydrogen-bond acceptors (Lipinski definition) is 8. The van der Waals surface area contributed by atoms with Crippen LogP contribution < -0.4 is 10.3 Å². The van der Waals surface area contributed by atoms with E-state index in [2.05, 4.69) is 0 Å². The molecule has 5 rings (SSSR count). The van der Waals surface area contributed by atoms with Crippen molar-refractivity contribution in [3.63, 3.8) is 0 Å². The predicted octanol–water partition coefficient (Wildman–Crippen LogP) is 4.14. The molecule has 9 nitrogen and oxygen atoms in total. The highest BCUT2D eigenvalue weighted by Gasteiger charge is 2.50. The molecule has 4 heterocycles. The van der Waals surface area contributed by atoms with E-state index >= 15 is 0 Å². The lowest BCUT2D eigenvalue weighted by atomic mass is 9.85. The van der Waals surface area contributed by atoms with Gasteiger partial charge in [0.15, 0.2) is 0 Å². The van der Waals surface area contributed by atoms with E-state index in [0.29, 0.717) is 59.6 Å². The second-order valence-electron chi connectivity index (χ2n) is 9.37. The Hall–Kier alpha value is -4.01. The number of ether oxygens (including phenoxy) is 3. The largest absolute Gasteiger partial charge is 0.457 e. The average Bonchev–Trinajstić information content (AvgIpc) is 3.22. The topological polar surface area (TPSA) is 114 Å². The van der Waals surface area contributed by atoms with Gasteiger partial charge in [-0.3, -0.25) is 14.4 Å². The number of hydrogen-bond donors (Lipinski definition) is 0. The summed E-state index contributed by atoms with van der Waals surface area (Å²) in [4.78, 5) is 55.7. The number of fused-ring (bicyclic) bond motifs is 5. The maximum atomic E-state index is 13.6. The van der Waals surface area contributed by atoms with Crippen molar-refractivity contribution in [3.8, 4) is 17.1 Å². The van der Waals surface area contributed by atoms with Gasteiger partial charge in [0.1, 0.15) is 12.4 Å². The fourth-order valence-corrected chi connectivity index (χ4v) is 5.02. The molecule has 2 aliphatic rings. The van der Waals surface area contributed by atoms with E-state index < -0.39 is 17.5 Å². The second kappa shape index (κ2) is 9.46. The maximum absolute atomic E-state index is 13.6. The van der Waals surface area contributed by atoms with Crippen LogP contribution in [0.1, 0.15) is 69.6 Å². The van der Waals surface area contributed by atoms with Gasteiger partial charge in [-0.1, -0.05) is 20.8 Å². The average molecular weight is 505 g/mol. The summed E-state index contributed by atoms with van der Waals surface area (Å²) >= 11 is 0. The second-order valence-corrected chi connectivity index (χ2v) is 9.37. The molecule has 0 unspecified atom stereocenters. The molecule has 2 aliphatic heterocycles. The van der Waals surface area contributed by atoms with E-state index in [1.165, 1.54) is 0 Å². The van der Waals surface area contributed by atoms with E-state index in [9.17, 15) is 19.2 Å². The molecule has 192 valence electrons. The zero-order valence-corrected chi connectivity index (χ0v) is 21.1. The molecule has 0 saturated carbocycles. The first kappa shape index (κ1) is 24.7. The van der Waals surface area contributed by atoms with Gasteiger partial charge in [0.25, 0.3) is 5.56 Å². The van der Waals surface area contributed by atoms with Gasteiger partial charge in [-0.2, -0.15) is 0 Å². The van der Waals surface area contributed by atoms with Gasteiger partial charge < -0.3 is 18.8 Å². The standard InChI is InChI=1S/C28H28N2O7/c1-4-7-23(31)36-18-9-10-21-16(12-18)11-17-14-30-22(25(17)29-21)13-20-19(26(30)33)15-35-27(34)28(20,6-3)37-24(32)8-5-2/h9-13H,4-8,14-15H2,1-3H3/t28-/m0/s1. The first-order valence-electron chi connectivity index (χ1n) is 12.6. The molecule has 0 spiro atoms. The van der Waals surface area contributed by atoms with Crippen LogP contribution in [-0.4, -0.2) is 27.5 Å². The van der Waals surface area contributed by atoms with Gasteiger partial charge in [-0.25, -0.2) is 9.78 Å². The molecule has 3 aromatic rings. The molecule has 2 aromatic heterocycles. The molecule has 0 amide bonds. The first-order valence-corrected chi connectivity index (χ1v) is 12.6. The van der Waals surface area contributed by atoms with Crippen molar-refractivity contribution < 1.29 is 28.6 Å². The van der Waals surface area contributed by atoms with Crippen molar-refractivity contribution in [2.24, 2.45) is 0 Å². The molecule has 0 radical (unpaired) electrons. The molecule has 0 bridgehead atoms. The van der Waals surface area contributed by atoms with E-state index in [-0.39, 0.29) is 31.0 Å². The van der Waals surface area contributed by atoms with Crippen molar-refractivity contribution in [1.82, 2.24) is 9.55 Å². The lowest BCUT2D eigenvalue weighted by molar-refractivity contribution is -0.189. The molecule has 0 aliphatic carbocycles. The minimum Gasteiger partial charge on any atom is -0.457 e. The van der Waals surface area contributed by atoms with E-state index in [0.717, 1.165) is 10.9 Å². The highest BCUT2D eigenvalue weighted by Crippen LogP contribution is 2.41. The van der Waals surface area contributed by atoms with Crippen LogP contribution >= 0.6 is 0 Å². The monoisotopic (exact) mass is 504 g/mol. The van der Waals surface area contributed by atoms with E-state index in [4.69, 9.17) is 19.2 Å². The summed E-state index contributed by atoms with van der Waals surface area (Å²) in [6.07, 6.45) is 1.89. The molecule has 0 N–H and O–H groups in total. The summed E-state index contributed by atoms with van der Waals surface area (Å²) < 4.78 is 18.1.